The Morgan fingerprint density at radius 3 is 2.20 bits per heavy atom. The molecule has 15 heavy (non-hydrogen) atoms. The topological polar surface area (TPSA) is 34.1 Å². The smallest absolute Gasteiger partial charge is 0.175 e. The summed E-state index contributed by atoms with van der Waals surface area (Å²) >= 11 is 0. The molecule has 78 valence electrons. The first kappa shape index (κ1) is 11.5. The number of allylic oxidation sites excluding steroid dienone is 1. The Bertz CT molecular complexity index is 525. The molecule has 0 fully saturated rings. The van der Waals surface area contributed by atoms with E-state index in [0.29, 0.717) is 4.90 Å². The van der Waals surface area contributed by atoms with Gasteiger partial charge in [0.15, 0.2) is 9.84 Å². The summed E-state index contributed by atoms with van der Waals surface area (Å²) in [7, 11) is -3.12. The molecule has 0 N–H and O–H groups in total. The molecule has 3 heteroatoms. The lowest BCUT2D eigenvalue weighted by Gasteiger charge is -1.96. The largest absolute Gasteiger partial charge is 0.224 e. The van der Waals surface area contributed by atoms with Crippen LogP contribution in [0.5, 0.6) is 0 Å². The Morgan fingerprint density at radius 1 is 1.27 bits per heavy atom. The van der Waals surface area contributed by atoms with E-state index in [1.54, 1.807) is 24.3 Å². The molecule has 0 radical (unpaired) electrons. The molecule has 1 rings (SSSR count). The molecule has 0 atom stereocenters. The quantitative estimate of drug-likeness (QED) is 0.678. The second kappa shape index (κ2) is 4.33. The molecule has 0 aliphatic carbocycles. The molecule has 0 spiro atoms. The van der Waals surface area contributed by atoms with Crippen molar-refractivity contribution in [1.29, 1.82) is 0 Å². The standard InChI is InChI=1S/C12H12O2S/c1-10(2)4-5-11-6-8-12(9-7-11)15(3,13)14/h6-9H,1H2,2-3H3. The normalized spacial score (nSPS) is 10.3. The zero-order valence-electron chi connectivity index (χ0n) is 8.74. The zero-order valence-corrected chi connectivity index (χ0v) is 9.56. The van der Waals surface area contributed by atoms with E-state index in [1.807, 2.05) is 6.92 Å². The van der Waals surface area contributed by atoms with E-state index in [9.17, 15) is 8.42 Å². The van der Waals surface area contributed by atoms with Crippen molar-refractivity contribution in [2.24, 2.45) is 0 Å². The van der Waals surface area contributed by atoms with Crippen LogP contribution >= 0.6 is 0 Å². The number of rotatable bonds is 1. The monoisotopic (exact) mass is 220 g/mol. The van der Waals surface area contributed by atoms with Crippen molar-refractivity contribution < 1.29 is 8.42 Å². The Kier molecular flexibility index (Phi) is 3.33. The van der Waals surface area contributed by atoms with Gasteiger partial charge in [0, 0.05) is 11.8 Å². The number of sulfone groups is 1. The van der Waals surface area contributed by atoms with Gasteiger partial charge in [0.05, 0.1) is 4.90 Å². The van der Waals surface area contributed by atoms with E-state index >= 15 is 0 Å². The summed E-state index contributed by atoms with van der Waals surface area (Å²) in [6.45, 7) is 5.47. The summed E-state index contributed by atoms with van der Waals surface area (Å²) in [4.78, 5) is 0.309. The van der Waals surface area contributed by atoms with Gasteiger partial charge < -0.3 is 0 Å². The number of hydrogen-bond donors (Lipinski definition) is 0. The van der Waals surface area contributed by atoms with E-state index in [2.05, 4.69) is 18.4 Å². The van der Waals surface area contributed by atoms with Gasteiger partial charge in [-0.3, -0.25) is 0 Å². The lowest BCUT2D eigenvalue weighted by Crippen LogP contribution is -1.96. The van der Waals surface area contributed by atoms with Crippen molar-refractivity contribution >= 4 is 9.84 Å². The van der Waals surface area contributed by atoms with E-state index in [0.717, 1.165) is 11.1 Å². The summed E-state index contributed by atoms with van der Waals surface area (Å²) in [5.74, 6) is 5.70. The van der Waals surface area contributed by atoms with Crippen LogP contribution in [-0.2, 0) is 9.84 Å². The van der Waals surface area contributed by atoms with Crippen molar-refractivity contribution in [1.82, 2.24) is 0 Å². The van der Waals surface area contributed by atoms with Crippen LogP contribution in [0.2, 0.25) is 0 Å². The fourth-order valence-corrected chi connectivity index (χ4v) is 1.59. The Hall–Kier alpha value is -1.53. The summed E-state index contributed by atoms with van der Waals surface area (Å²) < 4.78 is 22.3. The van der Waals surface area contributed by atoms with Gasteiger partial charge in [-0.05, 0) is 36.8 Å². The minimum Gasteiger partial charge on any atom is -0.224 e. The highest BCUT2D eigenvalue weighted by Gasteiger charge is 2.04. The lowest BCUT2D eigenvalue weighted by atomic mass is 10.2. The Morgan fingerprint density at radius 2 is 1.80 bits per heavy atom. The van der Waals surface area contributed by atoms with Crippen molar-refractivity contribution in [3.05, 3.63) is 42.0 Å². The van der Waals surface area contributed by atoms with E-state index < -0.39 is 9.84 Å². The summed E-state index contributed by atoms with van der Waals surface area (Å²) in [5.41, 5.74) is 1.56. The SMILES string of the molecule is C=C(C)C#Cc1ccc(S(C)(=O)=O)cc1. The molecule has 1 aromatic rings. The van der Waals surface area contributed by atoms with E-state index in [4.69, 9.17) is 0 Å². The molecule has 0 amide bonds. The first-order valence-electron chi connectivity index (χ1n) is 4.37. The van der Waals surface area contributed by atoms with Crippen LogP contribution in [0.3, 0.4) is 0 Å². The molecule has 0 aliphatic rings. The maximum atomic E-state index is 11.2. The van der Waals surface area contributed by atoms with Gasteiger partial charge in [0.1, 0.15) is 0 Å². The highest BCUT2D eigenvalue weighted by atomic mass is 32.2. The van der Waals surface area contributed by atoms with Crippen LogP contribution in [-0.4, -0.2) is 14.7 Å². The van der Waals surface area contributed by atoms with Gasteiger partial charge in [-0.15, -0.1) is 0 Å². The predicted molar refractivity (Wildman–Crippen MR) is 61.2 cm³/mol. The molecule has 1 aromatic carbocycles. The fraction of sp³-hybridized carbons (Fsp3) is 0.167. The molecule has 0 aliphatic heterocycles. The molecule has 0 bridgehead atoms. The maximum absolute atomic E-state index is 11.2. The zero-order chi connectivity index (χ0) is 11.5. The number of hydrogen-bond acceptors (Lipinski definition) is 2. The molecule has 0 saturated heterocycles. The summed E-state index contributed by atoms with van der Waals surface area (Å²) in [6, 6.07) is 6.48. The highest BCUT2D eigenvalue weighted by Crippen LogP contribution is 2.09. The highest BCUT2D eigenvalue weighted by molar-refractivity contribution is 7.90. The van der Waals surface area contributed by atoms with Crippen LogP contribution in [0.25, 0.3) is 0 Å². The second-order valence-electron chi connectivity index (χ2n) is 3.33. The Labute approximate surface area is 90.6 Å². The average molecular weight is 220 g/mol. The van der Waals surface area contributed by atoms with Crippen LogP contribution in [0.1, 0.15) is 12.5 Å². The van der Waals surface area contributed by atoms with Crippen LogP contribution in [0.15, 0.2) is 41.3 Å². The first-order chi connectivity index (χ1) is 6.89. The van der Waals surface area contributed by atoms with Crippen molar-refractivity contribution in [3.8, 4) is 11.8 Å². The minimum atomic E-state index is -3.12. The van der Waals surface area contributed by atoms with Gasteiger partial charge in [-0.1, -0.05) is 18.4 Å². The minimum absolute atomic E-state index is 0.309. The molecule has 2 nitrogen and oxygen atoms in total. The third-order valence-electron chi connectivity index (χ3n) is 1.70. The van der Waals surface area contributed by atoms with E-state index in [1.165, 1.54) is 6.26 Å². The van der Waals surface area contributed by atoms with Crippen LogP contribution < -0.4 is 0 Å². The van der Waals surface area contributed by atoms with Gasteiger partial charge in [0.25, 0.3) is 0 Å². The first-order valence-corrected chi connectivity index (χ1v) is 6.26. The van der Waals surface area contributed by atoms with Gasteiger partial charge in [-0.2, -0.15) is 0 Å². The predicted octanol–water partition coefficient (Wildman–Crippen LogP) is 2.02. The molecular formula is C12H12O2S. The number of benzene rings is 1. The molecular weight excluding hydrogens is 208 g/mol. The van der Waals surface area contributed by atoms with Crippen LogP contribution in [0, 0.1) is 11.8 Å². The summed E-state index contributed by atoms with van der Waals surface area (Å²) in [6.07, 6.45) is 1.18. The molecule has 0 heterocycles. The molecule has 0 saturated carbocycles. The Balaban J connectivity index is 3.03. The molecule has 0 aromatic heterocycles. The van der Waals surface area contributed by atoms with E-state index in [-0.39, 0.29) is 0 Å². The van der Waals surface area contributed by atoms with Crippen molar-refractivity contribution in [3.63, 3.8) is 0 Å². The third-order valence-corrected chi connectivity index (χ3v) is 2.83. The lowest BCUT2D eigenvalue weighted by molar-refractivity contribution is 0.602. The third kappa shape index (κ3) is 3.61. The fourth-order valence-electron chi connectivity index (χ4n) is 0.964. The summed E-state index contributed by atoms with van der Waals surface area (Å²) in [5, 5.41) is 0. The average Bonchev–Trinajstić information content (AvgIpc) is 2.14. The maximum Gasteiger partial charge on any atom is 0.175 e. The van der Waals surface area contributed by atoms with Crippen molar-refractivity contribution in [2.45, 2.75) is 11.8 Å². The van der Waals surface area contributed by atoms with Gasteiger partial charge in [-0.25, -0.2) is 8.42 Å². The van der Waals surface area contributed by atoms with Gasteiger partial charge >= 0.3 is 0 Å². The van der Waals surface area contributed by atoms with Gasteiger partial charge in [0.2, 0.25) is 0 Å². The second-order valence-corrected chi connectivity index (χ2v) is 5.34. The molecule has 0 unspecified atom stereocenters. The van der Waals surface area contributed by atoms with Crippen LogP contribution in [0.4, 0.5) is 0 Å². The van der Waals surface area contributed by atoms with Crippen molar-refractivity contribution in [2.75, 3.05) is 6.26 Å².